The van der Waals surface area contributed by atoms with Crippen molar-refractivity contribution in [1.82, 2.24) is 15.6 Å². The van der Waals surface area contributed by atoms with E-state index < -0.39 is 0 Å². The molecular formula is C10H14N4O2. The maximum Gasteiger partial charge on any atom is 0.319 e. The van der Waals surface area contributed by atoms with E-state index in [1.165, 1.54) is 0 Å². The van der Waals surface area contributed by atoms with Crippen molar-refractivity contribution in [3.8, 4) is 0 Å². The number of hydrogen-bond acceptors (Lipinski definition) is 3. The normalized spacial score (nSPS) is 9.25. The molecule has 0 unspecified atom stereocenters. The van der Waals surface area contributed by atoms with Gasteiger partial charge in [0.25, 0.3) is 0 Å². The first kappa shape index (κ1) is 12.0. The number of aromatic nitrogens is 1. The van der Waals surface area contributed by atoms with Crippen LogP contribution in [-0.4, -0.2) is 30.5 Å². The van der Waals surface area contributed by atoms with E-state index in [0.717, 1.165) is 0 Å². The molecule has 3 amide bonds. The minimum Gasteiger partial charge on any atom is -0.359 e. The molecule has 16 heavy (non-hydrogen) atoms. The van der Waals surface area contributed by atoms with Crippen LogP contribution in [-0.2, 0) is 4.79 Å². The maximum absolute atomic E-state index is 11.3. The van der Waals surface area contributed by atoms with Crippen molar-refractivity contribution in [2.75, 3.05) is 18.4 Å². The minimum absolute atomic E-state index is 0.266. The third-order valence-corrected chi connectivity index (χ3v) is 1.80. The highest BCUT2D eigenvalue weighted by atomic mass is 16.2. The van der Waals surface area contributed by atoms with Gasteiger partial charge in [-0.1, -0.05) is 0 Å². The second-order valence-electron chi connectivity index (χ2n) is 3.04. The van der Waals surface area contributed by atoms with Crippen molar-refractivity contribution in [1.29, 1.82) is 0 Å². The van der Waals surface area contributed by atoms with Gasteiger partial charge in [-0.3, -0.25) is 9.78 Å². The molecule has 0 aliphatic carbocycles. The maximum atomic E-state index is 11.3. The molecule has 0 radical (unpaired) electrons. The molecule has 0 aliphatic heterocycles. The number of hydrogen-bond donors (Lipinski definition) is 3. The molecule has 0 bridgehead atoms. The van der Waals surface area contributed by atoms with E-state index in [0.29, 0.717) is 31.6 Å². The van der Waals surface area contributed by atoms with Crippen LogP contribution in [0.4, 0.5) is 10.5 Å². The zero-order chi connectivity index (χ0) is 11.6. The van der Waals surface area contributed by atoms with Gasteiger partial charge in [0.15, 0.2) is 0 Å². The highest BCUT2D eigenvalue weighted by Crippen LogP contribution is 2.01. The Labute approximate surface area is 93.4 Å². The summed E-state index contributed by atoms with van der Waals surface area (Å²) in [5, 5.41) is 7.83. The van der Waals surface area contributed by atoms with E-state index in [1.807, 2.05) is 0 Å². The summed E-state index contributed by atoms with van der Waals surface area (Å²) < 4.78 is 0. The first-order valence-electron chi connectivity index (χ1n) is 4.95. The molecule has 3 N–H and O–H groups in total. The monoisotopic (exact) mass is 222 g/mol. The van der Waals surface area contributed by atoms with Gasteiger partial charge in [-0.15, -0.1) is 0 Å². The number of rotatable bonds is 6. The molecule has 1 heterocycles. The van der Waals surface area contributed by atoms with Crippen LogP contribution in [0.25, 0.3) is 0 Å². The number of pyridine rings is 1. The third kappa shape index (κ3) is 4.94. The molecule has 6 heteroatoms. The number of carbonyl (C=O) groups is 2. The van der Waals surface area contributed by atoms with Crippen molar-refractivity contribution in [2.45, 2.75) is 6.42 Å². The average molecular weight is 222 g/mol. The average Bonchev–Trinajstić information content (AvgIpc) is 2.30. The lowest BCUT2D eigenvalue weighted by Gasteiger charge is -2.06. The quantitative estimate of drug-likeness (QED) is 0.479. The SMILES string of the molecule is O=CNCCCNC(=O)Nc1ccncc1. The standard InChI is InChI=1S/C10H14N4O2/c15-8-12-4-1-5-13-10(16)14-9-2-6-11-7-3-9/h2-3,6-8H,1,4-5H2,(H,12,15)(H2,11,13,14,16). The van der Waals surface area contributed by atoms with E-state index in [4.69, 9.17) is 0 Å². The van der Waals surface area contributed by atoms with Crippen LogP contribution in [0, 0.1) is 0 Å². The molecule has 0 fully saturated rings. The summed E-state index contributed by atoms with van der Waals surface area (Å²) in [6.45, 7) is 1.07. The van der Waals surface area contributed by atoms with Crippen LogP contribution in [0.3, 0.4) is 0 Å². The van der Waals surface area contributed by atoms with Crippen molar-refractivity contribution >= 4 is 18.1 Å². The number of nitrogens with one attached hydrogen (secondary N) is 3. The topological polar surface area (TPSA) is 83.1 Å². The summed E-state index contributed by atoms with van der Waals surface area (Å²) in [7, 11) is 0. The zero-order valence-corrected chi connectivity index (χ0v) is 8.77. The fraction of sp³-hybridized carbons (Fsp3) is 0.300. The Bertz CT molecular complexity index is 329. The summed E-state index contributed by atoms with van der Waals surface area (Å²) in [6.07, 6.45) is 4.53. The molecule has 1 aromatic heterocycles. The first-order chi connectivity index (χ1) is 7.83. The van der Waals surface area contributed by atoms with Crippen LogP contribution in [0.1, 0.15) is 6.42 Å². The third-order valence-electron chi connectivity index (χ3n) is 1.80. The Morgan fingerprint density at radius 2 is 2.06 bits per heavy atom. The van der Waals surface area contributed by atoms with Crippen molar-refractivity contribution in [3.63, 3.8) is 0 Å². The lowest BCUT2D eigenvalue weighted by molar-refractivity contribution is -0.109. The van der Waals surface area contributed by atoms with Gasteiger partial charge >= 0.3 is 6.03 Å². The largest absolute Gasteiger partial charge is 0.359 e. The Balaban J connectivity index is 2.14. The zero-order valence-electron chi connectivity index (χ0n) is 8.77. The van der Waals surface area contributed by atoms with E-state index in [9.17, 15) is 9.59 Å². The molecule has 0 saturated heterocycles. The van der Waals surface area contributed by atoms with Gasteiger partial charge < -0.3 is 16.0 Å². The molecule has 6 nitrogen and oxygen atoms in total. The predicted octanol–water partition coefficient (Wildman–Crippen LogP) is 0.339. The molecule has 0 aliphatic rings. The summed E-state index contributed by atoms with van der Waals surface area (Å²) in [4.78, 5) is 25.1. The van der Waals surface area contributed by atoms with Crippen molar-refractivity contribution < 1.29 is 9.59 Å². The molecule has 1 rings (SSSR count). The predicted molar refractivity (Wildman–Crippen MR) is 59.9 cm³/mol. The highest BCUT2D eigenvalue weighted by Gasteiger charge is 1.99. The van der Waals surface area contributed by atoms with Crippen LogP contribution in [0.2, 0.25) is 0 Å². The molecular weight excluding hydrogens is 208 g/mol. The van der Waals surface area contributed by atoms with Crippen molar-refractivity contribution in [3.05, 3.63) is 24.5 Å². The fourth-order valence-corrected chi connectivity index (χ4v) is 1.06. The van der Waals surface area contributed by atoms with E-state index in [1.54, 1.807) is 24.5 Å². The van der Waals surface area contributed by atoms with Crippen molar-refractivity contribution in [2.24, 2.45) is 0 Å². The van der Waals surface area contributed by atoms with E-state index in [-0.39, 0.29) is 6.03 Å². The summed E-state index contributed by atoms with van der Waals surface area (Å²) in [5.74, 6) is 0. The van der Waals surface area contributed by atoms with Gasteiger partial charge in [0, 0.05) is 31.2 Å². The summed E-state index contributed by atoms with van der Waals surface area (Å²) in [6, 6.07) is 3.14. The molecule has 1 aromatic rings. The van der Waals surface area contributed by atoms with Gasteiger partial charge in [-0.05, 0) is 18.6 Å². The number of urea groups is 1. The second-order valence-corrected chi connectivity index (χ2v) is 3.04. The van der Waals surface area contributed by atoms with Crippen LogP contribution < -0.4 is 16.0 Å². The Morgan fingerprint density at radius 3 is 2.75 bits per heavy atom. The highest BCUT2D eigenvalue weighted by molar-refractivity contribution is 5.88. The van der Waals surface area contributed by atoms with Crippen LogP contribution in [0.5, 0.6) is 0 Å². The smallest absolute Gasteiger partial charge is 0.319 e. The van der Waals surface area contributed by atoms with Gasteiger partial charge in [0.05, 0.1) is 0 Å². The number of nitrogens with zero attached hydrogens (tertiary/aromatic N) is 1. The molecule has 0 aromatic carbocycles. The van der Waals surface area contributed by atoms with E-state index >= 15 is 0 Å². The molecule has 0 atom stereocenters. The van der Waals surface area contributed by atoms with Gasteiger partial charge in [0.1, 0.15) is 0 Å². The second kappa shape index (κ2) is 7.22. The fourth-order valence-electron chi connectivity index (χ4n) is 1.06. The Morgan fingerprint density at radius 1 is 1.31 bits per heavy atom. The lowest BCUT2D eigenvalue weighted by Crippen LogP contribution is -2.31. The van der Waals surface area contributed by atoms with E-state index in [2.05, 4.69) is 20.9 Å². The minimum atomic E-state index is -0.266. The molecule has 0 spiro atoms. The van der Waals surface area contributed by atoms with Gasteiger partial charge in [-0.25, -0.2) is 4.79 Å². The number of amides is 3. The first-order valence-corrected chi connectivity index (χ1v) is 4.95. The summed E-state index contributed by atoms with van der Waals surface area (Å²) in [5.41, 5.74) is 0.693. The summed E-state index contributed by atoms with van der Waals surface area (Å²) >= 11 is 0. The Kier molecular flexibility index (Phi) is 5.40. The van der Waals surface area contributed by atoms with Crippen LogP contribution in [0.15, 0.2) is 24.5 Å². The van der Waals surface area contributed by atoms with Gasteiger partial charge in [0.2, 0.25) is 6.41 Å². The van der Waals surface area contributed by atoms with Crippen LogP contribution >= 0.6 is 0 Å². The van der Waals surface area contributed by atoms with Gasteiger partial charge in [-0.2, -0.15) is 0 Å². The molecule has 86 valence electrons. The Hall–Kier alpha value is -2.11. The number of anilines is 1. The lowest BCUT2D eigenvalue weighted by atomic mass is 10.4. The molecule has 0 saturated carbocycles. The number of carbonyl (C=O) groups excluding carboxylic acids is 2.